The lowest BCUT2D eigenvalue weighted by Gasteiger charge is -2.16. The molecule has 5 nitrogen and oxygen atoms in total. The van der Waals surface area contributed by atoms with Gasteiger partial charge in [0.1, 0.15) is 17.5 Å². The molecule has 0 radical (unpaired) electrons. The molecule has 0 fully saturated rings. The van der Waals surface area contributed by atoms with Crippen LogP contribution in [0.3, 0.4) is 0 Å². The average Bonchev–Trinajstić information content (AvgIpc) is 3.07. The van der Waals surface area contributed by atoms with Crippen molar-refractivity contribution in [1.82, 2.24) is 10.3 Å². The molecule has 1 amide bonds. The maximum absolute atomic E-state index is 12.3. The molecule has 1 N–H and O–H groups in total. The molecule has 1 aliphatic rings. The fourth-order valence-corrected chi connectivity index (χ4v) is 3.94. The van der Waals surface area contributed by atoms with Crippen molar-refractivity contribution in [3.05, 3.63) is 88.2 Å². The Morgan fingerprint density at radius 3 is 2.31 bits per heavy atom. The van der Waals surface area contributed by atoms with E-state index in [0.29, 0.717) is 17.3 Å². The molecule has 0 unspecified atom stereocenters. The number of pyridine rings is 1. The number of aromatic nitrogens is 1. The molecule has 0 aliphatic heterocycles. The second-order valence-corrected chi connectivity index (χ2v) is 7.72. The fraction of sp³-hybridized carbons (Fsp3) is 0.174. The highest BCUT2D eigenvalue weighted by Gasteiger charge is 2.29. The van der Waals surface area contributed by atoms with Gasteiger partial charge in [-0.2, -0.15) is 0 Å². The molecule has 1 atom stereocenters. The first kappa shape index (κ1) is 19.3. The number of aldehydes is 1. The first-order valence-corrected chi connectivity index (χ1v) is 10.1. The van der Waals surface area contributed by atoms with Gasteiger partial charge >= 0.3 is 6.09 Å². The number of rotatable bonds is 6. The van der Waals surface area contributed by atoms with E-state index >= 15 is 0 Å². The highest BCUT2D eigenvalue weighted by molar-refractivity contribution is 9.10. The van der Waals surface area contributed by atoms with E-state index in [9.17, 15) is 9.59 Å². The summed E-state index contributed by atoms with van der Waals surface area (Å²) >= 11 is 3.27. The van der Waals surface area contributed by atoms with Crippen molar-refractivity contribution in [2.24, 2.45) is 0 Å². The Balaban J connectivity index is 1.40. The zero-order valence-corrected chi connectivity index (χ0v) is 17.1. The third-order valence-electron chi connectivity index (χ3n) is 5.06. The van der Waals surface area contributed by atoms with Crippen molar-refractivity contribution in [3.8, 4) is 11.1 Å². The monoisotopic (exact) mass is 450 g/mol. The van der Waals surface area contributed by atoms with Crippen LogP contribution in [0, 0.1) is 0 Å². The maximum Gasteiger partial charge on any atom is 0.407 e. The molecule has 29 heavy (non-hydrogen) atoms. The van der Waals surface area contributed by atoms with Gasteiger partial charge in [0.25, 0.3) is 0 Å². The van der Waals surface area contributed by atoms with Crippen LogP contribution in [0.15, 0.2) is 71.5 Å². The molecule has 146 valence electrons. The van der Waals surface area contributed by atoms with E-state index in [1.807, 2.05) is 30.3 Å². The zero-order valence-electron chi connectivity index (χ0n) is 15.5. The third-order valence-corrected chi connectivity index (χ3v) is 5.52. The van der Waals surface area contributed by atoms with E-state index in [1.54, 1.807) is 12.3 Å². The fourth-order valence-electron chi connectivity index (χ4n) is 3.71. The Morgan fingerprint density at radius 1 is 1.07 bits per heavy atom. The van der Waals surface area contributed by atoms with Crippen molar-refractivity contribution in [1.29, 1.82) is 0 Å². The van der Waals surface area contributed by atoms with Gasteiger partial charge in [0.2, 0.25) is 0 Å². The van der Waals surface area contributed by atoms with Crippen molar-refractivity contribution >= 4 is 28.3 Å². The van der Waals surface area contributed by atoms with Crippen LogP contribution in [0.5, 0.6) is 0 Å². The highest BCUT2D eigenvalue weighted by Crippen LogP contribution is 2.44. The van der Waals surface area contributed by atoms with Crippen molar-refractivity contribution in [2.75, 3.05) is 6.61 Å². The SMILES string of the molecule is O=C[C@H](Cc1ccc(Br)nc1)NC(=O)OCC1c2ccccc2-c2ccccc21. The summed E-state index contributed by atoms with van der Waals surface area (Å²) in [6.45, 7) is 0.214. The number of nitrogens with zero attached hydrogens (tertiary/aromatic N) is 1. The summed E-state index contributed by atoms with van der Waals surface area (Å²) < 4.78 is 6.21. The van der Waals surface area contributed by atoms with Gasteiger partial charge in [-0.1, -0.05) is 54.6 Å². The van der Waals surface area contributed by atoms with Crippen LogP contribution in [0.2, 0.25) is 0 Å². The minimum Gasteiger partial charge on any atom is -0.449 e. The van der Waals surface area contributed by atoms with Crippen LogP contribution in [-0.2, 0) is 16.0 Å². The molecule has 1 heterocycles. The number of fused-ring (bicyclic) bond motifs is 3. The van der Waals surface area contributed by atoms with Crippen LogP contribution in [0.4, 0.5) is 4.79 Å². The summed E-state index contributed by atoms with van der Waals surface area (Å²) in [5.74, 6) is -0.0153. The van der Waals surface area contributed by atoms with E-state index in [-0.39, 0.29) is 12.5 Å². The summed E-state index contributed by atoms with van der Waals surface area (Å²) in [6.07, 6.45) is 2.13. The van der Waals surface area contributed by atoms with Gasteiger partial charge < -0.3 is 14.8 Å². The van der Waals surface area contributed by atoms with E-state index in [4.69, 9.17) is 4.74 Å². The predicted octanol–water partition coefficient (Wildman–Crippen LogP) is 4.49. The van der Waals surface area contributed by atoms with Gasteiger partial charge in [0, 0.05) is 18.5 Å². The van der Waals surface area contributed by atoms with Crippen LogP contribution < -0.4 is 5.32 Å². The molecule has 0 bridgehead atoms. The Hall–Kier alpha value is -2.99. The second-order valence-electron chi connectivity index (χ2n) is 6.91. The van der Waals surface area contributed by atoms with Crippen LogP contribution in [-0.4, -0.2) is 30.0 Å². The summed E-state index contributed by atoms with van der Waals surface area (Å²) in [4.78, 5) is 27.9. The van der Waals surface area contributed by atoms with Gasteiger partial charge in [-0.15, -0.1) is 0 Å². The Bertz CT molecular complexity index is 991. The van der Waals surface area contributed by atoms with E-state index in [0.717, 1.165) is 16.7 Å². The molecule has 0 spiro atoms. The first-order chi connectivity index (χ1) is 14.2. The van der Waals surface area contributed by atoms with E-state index in [2.05, 4.69) is 50.5 Å². The molecule has 1 aliphatic carbocycles. The average molecular weight is 451 g/mol. The standard InChI is InChI=1S/C23H19BrN2O3/c24-22-10-9-15(12-25-22)11-16(13-27)26-23(28)29-14-21-19-7-3-1-5-17(19)18-6-2-4-8-20(18)21/h1-10,12-13,16,21H,11,14H2,(H,26,28)/t16-/m0/s1. The van der Waals surface area contributed by atoms with Gasteiger partial charge in [-0.05, 0) is 49.8 Å². The Kier molecular flexibility index (Phi) is 5.71. The summed E-state index contributed by atoms with van der Waals surface area (Å²) in [6, 6.07) is 19.3. The van der Waals surface area contributed by atoms with Gasteiger partial charge in [-0.25, -0.2) is 9.78 Å². The number of hydrogen-bond donors (Lipinski definition) is 1. The molecule has 1 aromatic heterocycles. The predicted molar refractivity (Wildman–Crippen MR) is 114 cm³/mol. The summed E-state index contributed by atoms with van der Waals surface area (Å²) in [7, 11) is 0. The van der Waals surface area contributed by atoms with Crippen molar-refractivity contribution in [3.63, 3.8) is 0 Å². The normalized spacial score (nSPS) is 13.3. The molecule has 0 saturated carbocycles. The molecule has 6 heteroatoms. The highest BCUT2D eigenvalue weighted by atomic mass is 79.9. The summed E-state index contributed by atoms with van der Waals surface area (Å²) in [5.41, 5.74) is 5.49. The molecule has 3 aromatic rings. The number of ether oxygens (including phenoxy) is 1. The third kappa shape index (κ3) is 4.22. The molecule has 0 saturated heterocycles. The number of carbonyl (C=O) groups is 2. The molecule has 2 aromatic carbocycles. The lowest BCUT2D eigenvalue weighted by atomic mass is 9.98. The zero-order chi connectivity index (χ0) is 20.2. The first-order valence-electron chi connectivity index (χ1n) is 9.33. The smallest absolute Gasteiger partial charge is 0.407 e. The molecular formula is C23H19BrN2O3. The van der Waals surface area contributed by atoms with E-state index in [1.165, 1.54) is 11.1 Å². The van der Waals surface area contributed by atoms with Gasteiger partial charge in [0.05, 0.1) is 6.04 Å². The number of alkyl carbamates (subject to hydrolysis) is 1. The quantitative estimate of drug-likeness (QED) is 0.443. The molecule has 4 rings (SSSR count). The minimum absolute atomic E-state index is 0.0153. The Labute approximate surface area is 177 Å². The number of carbonyl (C=O) groups excluding carboxylic acids is 2. The number of nitrogens with one attached hydrogen (secondary N) is 1. The maximum atomic E-state index is 12.3. The number of amides is 1. The minimum atomic E-state index is -0.673. The van der Waals surface area contributed by atoms with Crippen molar-refractivity contribution in [2.45, 2.75) is 18.4 Å². The summed E-state index contributed by atoms with van der Waals surface area (Å²) in [5, 5.41) is 2.63. The Morgan fingerprint density at radius 2 is 1.72 bits per heavy atom. The molecular weight excluding hydrogens is 432 g/mol. The lowest BCUT2D eigenvalue weighted by Crippen LogP contribution is -2.38. The van der Waals surface area contributed by atoms with Gasteiger partial charge in [0.15, 0.2) is 0 Å². The van der Waals surface area contributed by atoms with Crippen molar-refractivity contribution < 1.29 is 14.3 Å². The van der Waals surface area contributed by atoms with Gasteiger partial charge in [-0.3, -0.25) is 0 Å². The lowest BCUT2D eigenvalue weighted by molar-refractivity contribution is -0.109. The number of halogens is 1. The van der Waals surface area contributed by atoms with Crippen LogP contribution in [0.25, 0.3) is 11.1 Å². The number of hydrogen-bond acceptors (Lipinski definition) is 4. The number of benzene rings is 2. The topological polar surface area (TPSA) is 68.3 Å². The van der Waals surface area contributed by atoms with Crippen LogP contribution in [0.1, 0.15) is 22.6 Å². The largest absolute Gasteiger partial charge is 0.449 e. The second kappa shape index (κ2) is 8.57. The van der Waals surface area contributed by atoms with Crippen LogP contribution >= 0.6 is 15.9 Å². The van der Waals surface area contributed by atoms with E-state index < -0.39 is 12.1 Å².